The van der Waals surface area contributed by atoms with Crippen LogP contribution in [0.4, 0.5) is 0 Å². The Bertz CT molecular complexity index is 236. The lowest BCUT2D eigenvalue weighted by Gasteiger charge is -2.12. The molecule has 1 aromatic rings. The standard InChI is InChI=1S/C11H19NS3/c1-3-5-6-10(4-2)9-14-15-11-12-7-8-13-11/h7-8,10H,3-6,9H2,1-2H3. The van der Waals surface area contributed by atoms with Gasteiger partial charge in [-0.25, -0.2) is 4.98 Å². The molecule has 0 aliphatic rings. The third-order valence-corrected chi connectivity index (χ3v) is 6.02. The van der Waals surface area contributed by atoms with E-state index in [9.17, 15) is 0 Å². The molecule has 0 N–H and O–H groups in total. The molecule has 0 saturated carbocycles. The van der Waals surface area contributed by atoms with Crippen LogP contribution in [0.5, 0.6) is 0 Å². The Kier molecular flexibility index (Phi) is 7.57. The van der Waals surface area contributed by atoms with Gasteiger partial charge < -0.3 is 0 Å². The molecule has 1 heterocycles. The Morgan fingerprint density at radius 2 is 2.33 bits per heavy atom. The summed E-state index contributed by atoms with van der Waals surface area (Å²) in [5.74, 6) is 2.16. The summed E-state index contributed by atoms with van der Waals surface area (Å²) in [5, 5.41) is 2.04. The van der Waals surface area contributed by atoms with Gasteiger partial charge in [0.05, 0.1) is 0 Å². The third-order valence-electron chi connectivity index (χ3n) is 2.39. The number of unbranched alkanes of at least 4 members (excludes halogenated alkanes) is 1. The second kappa shape index (κ2) is 8.48. The first-order valence-electron chi connectivity index (χ1n) is 5.55. The molecule has 1 aromatic heterocycles. The first-order chi connectivity index (χ1) is 7.36. The van der Waals surface area contributed by atoms with E-state index >= 15 is 0 Å². The third kappa shape index (κ3) is 5.83. The minimum Gasteiger partial charge on any atom is -0.237 e. The van der Waals surface area contributed by atoms with Crippen LogP contribution in [-0.2, 0) is 0 Å². The molecule has 0 saturated heterocycles. The maximum atomic E-state index is 4.26. The predicted molar refractivity (Wildman–Crippen MR) is 73.7 cm³/mol. The lowest BCUT2D eigenvalue weighted by atomic mass is 10.0. The molecule has 15 heavy (non-hydrogen) atoms. The van der Waals surface area contributed by atoms with Crippen molar-refractivity contribution in [3.05, 3.63) is 11.6 Å². The van der Waals surface area contributed by atoms with Crippen LogP contribution in [0, 0.1) is 5.92 Å². The maximum absolute atomic E-state index is 4.26. The second-order valence-electron chi connectivity index (χ2n) is 3.58. The van der Waals surface area contributed by atoms with Crippen molar-refractivity contribution in [1.82, 2.24) is 4.98 Å². The average Bonchev–Trinajstić information content (AvgIpc) is 2.76. The summed E-state index contributed by atoms with van der Waals surface area (Å²) in [4.78, 5) is 4.26. The molecule has 1 nitrogen and oxygen atoms in total. The molecule has 0 amide bonds. The van der Waals surface area contributed by atoms with Gasteiger partial charge >= 0.3 is 0 Å². The van der Waals surface area contributed by atoms with Crippen molar-refractivity contribution in [3.63, 3.8) is 0 Å². The number of rotatable bonds is 8. The Hall–Kier alpha value is 0.330. The fraction of sp³-hybridized carbons (Fsp3) is 0.727. The highest BCUT2D eigenvalue weighted by Crippen LogP contribution is 2.34. The summed E-state index contributed by atoms with van der Waals surface area (Å²) in [6.07, 6.45) is 7.27. The van der Waals surface area contributed by atoms with E-state index in [1.165, 1.54) is 35.8 Å². The average molecular weight is 261 g/mol. The summed E-state index contributed by atoms with van der Waals surface area (Å²) >= 11 is 1.73. The minimum absolute atomic E-state index is 0.891. The molecule has 0 radical (unpaired) electrons. The molecule has 0 fully saturated rings. The smallest absolute Gasteiger partial charge is 0.160 e. The van der Waals surface area contributed by atoms with Crippen LogP contribution >= 0.6 is 32.9 Å². The fourth-order valence-corrected chi connectivity index (χ4v) is 4.88. The molecular formula is C11H19NS3. The lowest BCUT2D eigenvalue weighted by molar-refractivity contribution is 0.500. The second-order valence-corrected chi connectivity index (χ2v) is 7.06. The number of aromatic nitrogens is 1. The quantitative estimate of drug-likeness (QED) is 0.604. The van der Waals surface area contributed by atoms with Gasteiger partial charge in [-0.2, -0.15) is 0 Å². The highest BCUT2D eigenvalue weighted by Gasteiger charge is 2.06. The van der Waals surface area contributed by atoms with Gasteiger partial charge in [-0.05, 0) is 23.1 Å². The van der Waals surface area contributed by atoms with Crippen LogP contribution < -0.4 is 0 Å². The molecule has 0 aliphatic carbocycles. The molecule has 4 heteroatoms. The summed E-state index contributed by atoms with van der Waals surface area (Å²) < 4.78 is 1.19. The van der Waals surface area contributed by atoms with Crippen molar-refractivity contribution in [2.75, 3.05) is 5.75 Å². The molecule has 0 bridgehead atoms. The van der Waals surface area contributed by atoms with Gasteiger partial charge in [0.25, 0.3) is 0 Å². The Balaban J connectivity index is 2.11. The first kappa shape index (κ1) is 13.4. The van der Waals surface area contributed by atoms with Gasteiger partial charge in [0.15, 0.2) is 4.34 Å². The molecule has 1 atom stereocenters. The van der Waals surface area contributed by atoms with Crippen molar-refractivity contribution in [2.24, 2.45) is 5.92 Å². The lowest BCUT2D eigenvalue weighted by Crippen LogP contribution is -2.00. The molecule has 86 valence electrons. The summed E-state index contributed by atoms with van der Waals surface area (Å²) in [6, 6.07) is 0. The van der Waals surface area contributed by atoms with Gasteiger partial charge in [0, 0.05) is 17.3 Å². The Morgan fingerprint density at radius 1 is 1.47 bits per heavy atom. The topological polar surface area (TPSA) is 12.9 Å². The summed E-state index contributed by atoms with van der Waals surface area (Å²) in [7, 11) is 3.79. The zero-order chi connectivity index (χ0) is 10.9. The van der Waals surface area contributed by atoms with Gasteiger partial charge in [0.1, 0.15) is 0 Å². The predicted octanol–water partition coefficient (Wildman–Crippen LogP) is 5.10. The van der Waals surface area contributed by atoms with E-state index < -0.39 is 0 Å². The summed E-state index contributed by atoms with van der Waals surface area (Å²) in [5.41, 5.74) is 0. The van der Waals surface area contributed by atoms with E-state index in [2.05, 4.69) is 18.8 Å². The molecule has 0 aromatic carbocycles. The van der Waals surface area contributed by atoms with Crippen LogP contribution in [0.15, 0.2) is 15.9 Å². The van der Waals surface area contributed by atoms with Crippen LogP contribution in [-0.4, -0.2) is 10.7 Å². The van der Waals surface area contributed by atoms with Gasteiger partial charge in [-0.3, -0.25) is 0 Å². The highest BCUT2D eigenvalue weighted by molar-refractivity contribution is 8.77. The van der Waals surface area contributed by atoms with Crippen LogP contribution in [0.3, 0.4) is 0 Å². The molecule has 0 aliphatic heterocycles. The Labute approximate surface area is 105 Å². The van der Waals surface area contributed by atoms with Crippen molar-refractivity contribution in [1.29, 1.82) is 0 Å². The maximum Gasteiger partial charge on any atom is 0.160 e. The molecular weight excluding hydrogens is 242 g/mol. The van der Waals surface area contributed by atoms with Gasteiger partial charge in [-0.15, -0.1) is 11.3 Å². The van der Waals surface area contributed by atoms with Crippen LogP contribution in [0.25, 0.3) is 0 Å². The van der Waals surface area contributed by atoms with E-state index in [-0.39, 0.29) is 0 Å². The first-order valence-corrected chi connectivity index (χ1v) is 8.75. The van der Waals surface area contributed by atoms with Gasteiger partial charge in [-0.1, -0.05) is 43.9 Å². The van der Waals surface area contributed by atoms with E-state index in [0.717, 1.165) is 5.92 Å². The zero-order valence-corrected chi connectivity index (χ0v) is 11.9. The van der Waals surface area contributed by atoms with Gasteiger partial charge in [0.2, 0.25) is 0 Å². The molecule has 0 spiro atoms. The number of thiazole rings is 1. The summed E-state index contributed by atoms with van der Waals surface area (Å²) in [6.45, 7) is 4.57. The minimum atomic E-state index is 0.891. The van der Waals surface area contributed by atoms with Crippen molar-refractivity contribution < 1.29 is 0 Å². The Morgan fingerprint density at radius 3 is 2.93 bits per heavy atom. The molecule has 1 unspecified atom stereocenters. The molecule has 1 rings (SSSR count). The van der Waals surface area contributed by atoms with E-state index in [4.69, 9.17) is 0 Å². The van der Waals surface area contributed by atoms with Crippen molar-refractivity contribution in [2.45, 2.75) is 43.9 Å². The number of hydrogen-bond donors (Lipinski definition) is 0. The van der Waals surface area contributed by atoms with Crippen LogP contribution in [0.1, 0.15) is 39.5 Å². The SMILES string of the molecule is CCCCC(CC)CSSc1nccs1. The van der Waals surface area contributed by atoms with E-state index in [1.807, 2.05) is 33.2 Å². The number of hydrogen-bond acceptors (Lipinski definition) is 4. The van der Waals surface area contributed by atoms with E-state index in [0.29, 0.717) is 0 Å². The monoisotopic (exact) mass is 261 g/mol. The highest BCUT2D eigenvalue weighted by atomic mass is 33.1. The fourth-order valence-electron chi connectivity index (χ4n) is 1.33. The largest absolute Gasteiger partial charge is 0.237 e. The zero-order valence-electron chi connectivity index (χ0n) is 9.44. The van der Waals surface area contributed by atoms with Crippen molar-refractivity contribution >= 4 is 32.9 Å². The number of nitrogens with zero attached hydrogens (tertiary/aromatic N) is 1. The normalized spacial score (nSPS) is 12.9. The van der Waals surface area contributed by atoms with Crippen molar-refractivity contribution in [3.8, 4) is 0 Å². The van der Waals surface area contributed by atoms with E-state index in [1.54, 1.807) is 11.3 Å². The van der Waals surface area contributed by atoms with Crippen LogP contribution in [0.2, 0.25) is 0 Å².